The zero-order valence-electron chi connectivity index (χ0n) is 14.8. The van der Waals surface area contributed by atoms with Gasteiger partial charge in [-0.25, -0.2) is 0 Å². The lowest BCUT2D eigenvalue weighted by Crippen LogP contribution is -2.51. The molecule has 22 heavy (non-hydrogen) atoms. The Bertz CT molecular complexity index is 503. The lowest BCUT2D eigenvalue weighted by Gasteiger charge is -2.46. The van der Waals surface area contributed by atoms with Gasteiger partial charge in [-0.05, 0) is 64.6 Å². The summed E-state index contributed by atoms with van der Waals surface area (Å²) >= 11 is 0. The van der Waals surface area contributed by atoms with Gasteiger partial charge in [0, 0.05) is 30.7 Å². The summed E-state index contributed by atoms with van der Waals surface area (Å²) in [5, 5.41) is 0. The Kier molecular flexibility index (Phi) is 4.61. The van der Waals surface area contributed by atoms with Crippen molar-refractivity contribution in [2.45, 2.75) is 77.0 Å². The van der Waals surface area contributed by atoms with E-state index >= 15 is 0 Å². The first-order chi connectivity index (χ1) is 10.4. The van der Waals surface area contributed by atoms with Crippen molar-refractivity contribution in [2.75, 3.05) is 13.6 Å². The summed E-state index contributed by atoms with van der Waals surface area (Å²) < 4.78 is 0. The molecule has 0 aromatic heterocycles. The highest BCUT2D eigenvalue weighted by atomic mass is 15.2. The van der Waals surface area contributed by atoms with Gasteiger partial charge in [0.25, 0.3) is 0 Å². The van der Waals surface area contributed by atoms with Crippen LogP contribution in [-0.4, -0.2) is 41.0 Å². The second kappa shape index (κ2) is 6.33. The van der Waals surface area contributed by atoms with Gasteiger partial charge in [-0.1, -0.05) is 30.7 Å². The monoisotopic (exact) mass is 300 g/mol. The molecule has 1 saturated carbocycles. The van der Waals surface area contributed by atoms with Crippen molar-refractivity contribution in [1.82, 2.24) is 9.80 Å². The molecule has 2 heteroatoms. The van der Waals surface area contributed by atoms with Crippen molar-refractivity contribution in [3.05, 3.63) is 35.4 Å². The average Bonchev–Trinajstić information content (AvgIpc) is 2.53. The summed E-state index contributed by atoms with van der Waals surface area (Å²) in [4.78, 5) is 5.36. The highest BCUT2D eigenvalue weighted by Gasteiger charge is 2.33. The molecular formula is C20H32N2. The van der Waals surface area contributed by atoms with E-state index in [-0.39, 0.29) is 5.54 Å². The van der Waals surface area contributed by atoms with Crippen LogP contribution in [0.25, 0.3) is 0 Å². The van der Waals surface area contributed by atoms with Crippen LogP contribution in [0.3, 0.4) is 0 Å². The molecule has 0 spiro atoms. The van der Waals surface area contributed by atoms with E-state index < -0.39 is 0 Å². The molecule has 122 valence electrons. The van der Waals surface area contributed by atoms with Gasteiger partial charge in [-0.2, -0.15) is 0 Å². The quantitative estimate of drug-likeness (QED) is 0.812. The SMILES string of the molecule is CN([C@@H]1CCC[C@H](N2CCc3ccccc3C2)C1)C(C)(C)C. The molecule has 1 heterocycles. The second-order valence-electron chi connectivity index (χ2n) is 8.25. The fourth-order valence-corrected chi connectivity index (χ4v) is 4.20. The molecule has 1 aliphatic heterocycles. The predicted molar refractivity (Wildman–Crippen MR) is 94.1 cm³/mol. The van der Waals surface area contributed by atoms with Gasteiger partial charge in [-0.15, -0.1) is 0 Å². The molecule has 0 saturated heterocycles. The van der Waals surface area contributed by atoms with Gasteiger partial charge in [0.2, 0.25) is 0 Å². The number of rotatable bonds is 2. The van der Waals surface area contributed by atoms with Crippen molar-refractivity contribution >= 4 is 0 Å². The van der Waals surface area contributed by atoms with Crippen molar-refractivity contribution in [3.63, 3.8) is 0 Å². The lowest BCUT2D eigenvalue weighted by molar-refractivity contribution is 0.0461. The molecule has 1 aromatic carbocycles. The molecular weight excluding hydrogens is 268 g/mol. The lowest BCUT2D eigenvalue weighted by atomic mass is 9.86. The van der Waals surface area contributed by atoms with Crippen LogP contribution in [0.4, 0.5) is 0 Å². The van der Waals surface area contributed by atoms with Crippen LogP contribution >= 0.6 is 0 Å². The summed E-state index contributed by atoms with van der Waals surface area (Å²) in [5.74, 6) is 0. The molecule has 1 aliphatic carbocycles. The molecule has 3 rings (SSSR count). The maximum Gasteiger partial charge on any atom is 0.0239 e. The third-order valence-electron chi connectivity index (χ3n) is 5.90. The van der Waals surface area contributed by atoms with E-state index in [1.807, 2.05) is 0 Å². The maximum atomic E-state index is 2.75. The van der Waals surface area contributed by atoms with Gasteiger partial charge in [0.15, 0.2) is 0 Å². The van der Waals surface area contributed by atoms with E-state index in [1.54, 1.807) is 11.1 Å². The first-order valence-corrected chi connectivity index (χ1v) is 8.99. The Morgan fingerprint density at radius 1 is 1.09 bits per heavy atom. The Hall–Kier alpha value is -0.860. The summed E-state index contributed by atoms with van der Waals surface area (Å²) in [6, 6.07) is 10.5. The summed E-state index contributed by atoms with van der Waals surface area (Å²) in [7, 11) is 2.32. The van der Waals surface area contributed by atoms with Crippen LogP contribution in [0.15, 0.2) is 24.3 Å². The van der Waals surface area contributed by atoms with Gasteiger partial charge in [-0.3, -0.25) is 9.80 Å². The first kappa shape index (κ1) is 16.0. The van der Waals surface area contributed by atoms with Crippen LogP contribution in [0.2, 0.25) is 0 Å². The number of hydrogen-bond acceptors (Lipinski definition) is 2. The molecule has 0 amide bonds. The van der Waals surface area contributed by atoms with Gasteiger partial charge in [0.1, 0.15) is 0 Å². The van der Waals surface area contributed by atoms with Crippen molar-refractivity contribution in [1.29, 1.82) is 0 Å². The minimum atomic E-state index is 0.279. The molecule has 0 unspecified atom stereocenters. The Morgan fingerprint density at radius 2 is 1.82 bits per heavy atom. The normalized spacial score (nSPS) is 27.0. The van der Waals surface area contributed by atoms with Crippen LogP contribution in [0.5, 0.6) is 0 Å². The minimum Gasteiger partial charge on any atom is -0.299 e. The van der Waals surface area contributed by atoms with E-state index in [1.165, 1.54) is 38.6 Å². The fraction of sp³-hybridized carbons (Fsp3) is 0.700. The minimum absolute atomic E-state index is 0.279. The zero-order chi connectivity index (χ0) is 15.7. The average molecular weight is 300 g/mol. The molecule has 0 bridgehead atoms. The Balaban J connectivity index is 1.66. The van der Waals surface area contributed by atoms with Crippen LogP contribution in [0.1, 0.15) is 57.6 Å². The van der Waals surface area contributed by atoms with E-state index in [0.717, 1.165) is 18.6 Å². The van der Waals surface area contributed by atoms with Crippen molar-refractivity contribution in [3.8, 4) is 0 Å². The van der Waals surface area contributed by atoms with E-state index in [2.05, 4.69) is 61.9 Å². The predicted octanol–water partition coefficient (Wildman–Crippen LogP) is 4.09. The van der Waals surface area contributed by atoms with Gasteiger partial charge >= 0.3 is 0 Å². The highest BCUT2D eigenvalue weighted by molar-refractivity contribution is 5.29. The topological polar surface area (TPSA) is 6.48 Å². The zero-order valence-corrected chi connectivity index (χ0v) is 14.8. The summed E-state index contributed by atoms with van der Waals surface area (Å²) in [6.07, 6.45) is 6.71. The van der Waals surface area contributed by atoms with Crippen LogP contribution in [-0.2, 0) is 13.0 Å². The number of hydrogen-bond donors (Lipinski definition) is 0. The fourth-order valence-electron chi connectivity index (χ4n) is 4.20. The third-order valence-corrected chi connectivity index (χ3v) is 5.90. The van der Waals surface area contributed by atoms with E-state index in [9.17, 15) is 0 Å². The van der Waals surface area contributed by atoms with E-state index in [0.29, 0.717) is 0 Å². The Morgan fingerprint density at radius 3 is 2.55 bits per heavy atom. The second-order valence-corrected chi connectivity index (χ2v) is 8.25. The van der Waals surface area contributed by atoms with Gasteiger partial charge in [0.05, 0.1) is 0 Å². The molecule has 2 aliphatic rings. The molecule has 0 radical (unpaired) electrons. The third kappa shape index (κ3) is 3.38. The van der Waals surface area contributed by atoms with Crippen LogP contribution < -0.4 is 0 Å². The van der Waals surface area contributed by atoms with Crippen LogP contribution in [0, 0.1) is 0 Å². The molecule has 0 N–H and O–H groups in total. The number of fused-ring (bicyclic) bond motifs is 1. The Labute approximate surface area is 136 Å². The number of benzene rings is 1. The summed E-state index contributed by atoms with van der Waals surface area (Å²) in [5.41, 5.74) is 3.40. The molecule has 1 aromatic rings. The molecule has 2 atom stereocenters. The van der Waals surface area contributed by atoms with Crippen molar-refractivity contribution < 1.29 is 0 Å². The van der Waals surface area contributed by atoms with E-state index in [4.69, 9.17) is 0 Å². The first-order valence-electron chi connectivity index (χ1n) is 8.99. The van der Waals surface area contributed by atoms with Crippen molar-refractivity contribution in [2.24, 2.45) is 0 Å². The van der Waals surface area contributed by atoms with Gasteiger partial charge < -0.3 is 0 Å². The summed E-state index contributed by atoms with van der Waals surface area (Å²) in [6.45, 7) is 9.43. The highest BCUT2D eigenvalue weighted by Crippen LogP contribution is 2.32. The molecule has 1 fully saturated rings. The smallest absolute Gasteiger partial charge is 0.0239 e. The number of nitrogens with zero attached hydrogens (tertiary/aromatic N) is 2. The maximum absolute atomic E-state index is 2.75. The largest absolute Gasteiger partial charge is 0.299 e. The molecule has 2 nitrogen and oxygen atoms in total. The standard InChI is InChI=1S/C20H32N2/c1-20(2,3)21(4)18-10-7-11-19(14-18)22-13-12-16-8-5-6-9-17(16)15-22/h5-6,8-9,18-19H,7,10-15H2,1-4H3/t18-,19+/m1/s1.